The number of amides is 1. The Morgan fingerprint density at radius 2 is 0.852 bits per heavy atom. The van der Waals surface area contributed by atoms with Crippen LogP contribution in [0.2, 0.25) is 0 Å². The van der Waals surface area contributed by atoms with E-state index in [9.17, 15) is 14.4 Å². The number of Topliss-reactive ketones (excluding diaryl/α,β-unsaturated/α-hetero) is 2. The average Bonchev–Trinajstić information content (AvgIpc) is 2.58. The number of carbonyl (C=O) groups is 3. The van der Waals surface area contributed by atoms with Crippen molar-refractivity contribution < 1.29 is 14.4 Å². The molecule has 0 aliphatic rings. The van der Waals surface area contributed by atoms with Crippen LogP contribution < -0.4 is 5.32 Å². The summed E-state index contributed by atoms with van der Waals surface area (Å²) >= 11 is 0. The van der Waals surface area contributed by atoms with E-state index in [0.717, 1.165) is 0 Å². The maximum Gasteiger partial charge on any atom is 0.216 e. The molecule has 0 bridgehead atoms. The molecule has 27 heavy (non-hydrogen) atoms. The van der Waals surface area contributed by atoms with Crippen LogP contribution in [0.25, 0.3) is 0 Å². The van der Waals surface area contributed by atoms with Crippen LogP contribution in [-0.2, 0) is 14.4 Å². The minimum Gasteiger partial charge on any atom is -0.359 e. The minimum absolute atomic E-state index is 0. The zero-order chi connectivity index (χ0) is 19.7. The molecule has 0 radical (unpaired) electrons. The number of aryl methyl sites for hydroxylation is 2. The first kappa shape index (κ1) is 32.0. The molecule has 0 aliphatic heterocycles. The highest BCUT2D eigenvalue weighted by Crippen LogP contribution is 1.92. The van der Waals surface area contributed by atoms with Crippen molar-refractivity contribution in [3.63, 3.8) is 0 Å². The van der Waals surface area contributed by atoms with Crippen molar-refractivity contribution in [1.82, 2.24) is 5.32 Å². The Balaban J connectivity index is -0.000000129. The molecule has 1 amide bonds. The average molecular weight is 376 g/mol. The Bertz CT molecular complexity index is 559. The van der Waals surface area contributed by atoms with Gasteiger partial charge in [0.1, 0.15) is 0 Å². The van der Waals surface area contributed by atoms with Crippen molar-refractivity contribution in [2.24, 2.45) is 0 Å². The fraction of sp³-hybridized carbons (Fsp3) is 0.348. The summed E-state index contributed by atoms with van der Waals surface area (Å²) in [5.74, 6) is -0.755. The molecule has 2 rings (SSSR count). The minimum atomic E-state index is -0.380. The number of benzene rings is 2. The molecule has 0 saturated carbocycles. The molecule has 2 aromatic rings. The highest BCUT2D eigenvalue weighted by atomic mass is 16.2. The topological polar surface area (TPSA) is 63.2 Å². The van der Waals surface area contributed by atoms with Gasteiger partial charge in [-0.1, -0.05) is 86.6 Å². The number of hydrogen-bond acceptors (Lipinski definition) is 3. The van der Waals surface area contributed by atoms with Gasteiger partial charge in [-0.05, 0) is 13.8 Å². The molecule has 0 unspecified atom stereocenters. The summed E-state index contributed by atoms with van der Waals surface area (Å²) in [5.41, 5.74) is 2.64. The first-order valence-electron chi connectivity index (χ1n) is 7.93. The van der Waals surface area contributed by atoms with Gasteiger partial charge in [0, 0.05) is 27.8 Å². The summed E-state index contributed by atoms with van der Waals surface area (Å²) in [5, 5.41) is 2.39. The molecule has 2 aromatic carbocycles. The molecule has 0 saturated heterocycles. The number of hydrogen-bond donors (Lipinski definition) is 1. The van der Waals surface area contributed by atoms with Gasteiger partial charge in [0.25, 0.3) is 0 Å². The van der Waals surface area contributed by atoms with Gasteiger partial charge in [-0.25, -0.2) is 0 Å². The normalized spacial score (nSPS) is 7.48. The van der Waals surface area contributed by atoms with E-state index in [-0.39, 0.29) is 32.3 Å². The standard InChI is InChI=1S/2C7H8.C4H6O2.C3H7NO.2CH4/c2*1-7-5-3-2-4-6-7;1-3(5)4(2)6;1-3(5)4-2;;/h2*2-6H,1H3;1-2H3;1-2H3,(H,4,5);2*1H4. The fourth-order valence-corrected chi connectivity index (χ4v) is 1.07. The lowest BCUT2D eigenvalue weighted by Gasteiger charge is -1.82. The number of carbonyl (C=O) groups excluding carboxylic acids is 3. The quantitative estimate of drug-likeness (QED) is 0.699. The zero-order valence-electron chi connectivity index (χ0n) is 16.0. The van der Waals surface area contributed by atoms with Gasteiger partial charge in [-0.2, -0.15) is 0 Å². The SMILES string of the molecule is C.C.CC(=O)C(C)=O.CNC(C)=O.Cc1ccccc1.Cc1ccccc1. The maximum atomic E-state index is 9.79. The van der Waals surface area contributed by atoms with Crippen LogP contribution in [0.3, 0.4) is 0 Å². The molecular formula is C23H37NO3. The van der Waals surface area contributed by atoms with Gasteiger partial charge in [0.2, 0.25) is 5.91 Å². The summed E-state index contributed by atoms with van der Waals surface area (Å²) in [6, 6.07) is 20.5. The summed E-state index contributed by atoms with van der Waals surface area (Å²) in [7, 11) is 1.60. The number of nitrogens with one attached hydrogen (secondary N) is 1. The van der Waals surface area contributed by atoms with Crippen LogP contribution in [0.4, 0.5) is 0 Å². The Hall–Kier alpha value is -2.75. The monoisotopic (exact) mass is 375 g/mol. The summed E-state index contributed by atoms with van der Waals surface area (Å²) in [4.78, 5) is 29.3. The third-order valence-electron chi connectivity index (χ3n) is 2.73. The van der Waals surface area contributed by atoms with E-state index in [1.165, 1.54) is 31.9 Å². The van der Waals surface area contributed by atoms with Crippen molar-refractivity contribution in [3.05, 3.63) is 71.8 Å². The van der Waals surface area contributed by atoms with Gasteiger partial charge in [-0.15, -0.1) is 0 Å². The summed E-state index contributed by atoms with van der Waals surface area (Å²) < 4.78 is 0. The molecule has 4 heteroatoms. The maximum absolute atomic E-state index is 9.79. The predicted molar refractivity (Wildman–Crippen MR) is 117 cm³/mol. The van der Waals surface area contributed by atoms with Crippen LogP contribution in [0.15, 0.2) is 60.7 Å². The van der Waals surface area contributed by atoms with Crippen molar-refractivity contribution >= 4 is 17.5 Å². The molecule has 0 atom stereocenters. The van der Waals surface area contributed by atoms with Crippen molar-refractivity contribution in [2.45, 2.75) is 49.5 Å². The lowest BCUT2D eigenvalue weighted by Crippen LogP contribution is -2.11. The highest BCUT2D eigenvalue weighted by Gasteiger charge is 1.94. The third kappa shape index (κ3) is 28.3. The largest absolute Gasteiger partial charge is 0.359 e. The molecular weight excluding hydrogens is 338 g/mol. The predicted octanol–water partition coefficient (Wildman–Crippen LogP) is 5.18. The van der Waals surface area contributed by atoms with E-state index in [0.29, 0.717) is 0 Å². The molecule has 0 fully saturated rings. The van der Waals surface area contributed by atoms with Gasteiger partial charge in [-0.3, -0.25) is 14.4 Å². The molecule has 0 aliphatic carbocycles. The Morgan fingerprint density at radius 3 is 0.926 bits per heavy atom. The van der Waals surface area contributed by atoms with Crippen molar-refractivity contribution in [1.29, 1.82) is 0 Å². The van der Waals surface area contributed by atoms with Crippen molar-refractivity contribution in [2.75, 3.05) is 7.05 Å². The van der Waals surface area contributed by atoms with E-state index >= 15 is 0 Å². The first-order chi connectivity index (χ1) is 11.7. The lowest BCUT2D eigenvalue weighted by atomic mass is 10.2. The second kappa shape index (κ2) is 21.3. The molecule has 152 valence electrons. The lowest BCUT2D eigenvalue weighted by molar-refractivity contribution is -0.134. The van der Waals surface area contributed by atoms with E-state index in [1.807, 2.05) is 36.4 Å². The van der Waals surface area contributed by atoms with Gasteiger partial charge in [0.15, 0.2) is 11.6 Å². The highest BCUT2D eigenvalue weighted by molar-refractivity contribution is 6.35. The molecule has 0 heterocycles. The number of ketones is 2. The van der Waals surface area contributed by atoms with Gasteiger partial charge in [0.05, 0.1) is 0 Å². The molecule has 0 aromatic heterocycles. The van der Waals surface area contributed by atoms with Gasteiger partial charge < -0.3 is 5.32 Å². The van der Waals surface area contributed by atoms with E-state index in [4.69, 9.17) is 0 Å². The Morgan fingerprint density at radius 1 is 0.630 bits per heavy atom. The molecule has 0 spiro atoms. The second-order valence-corrected chi connectivity index (χ2v) is 5.23. The molecule has 1 N–H and O–H groups in total. The van der Waals surface area contributed by atoms with Crippen LogP contribution in [0.1, 0.15) is 46.8 Å². The Kier molecular flexibility index (Phi) is 25.2. The van der Waals surface area contributed by atoms with Crippen LogP contribution >= 0.6 is 0 Å². The second-order valence-electron chi connectivity index (χ2n) is 5.23. The van der Waals surface area contributed by atoms with Crippen LogP contribution in [0.5, 0.6) is 0 Å². The molecule has 4 nitrogen and oxygen atoms in total. The Labute approximate surface area is 166 Å². The van der Waals surface area contributed by atoms with E-state index in [1.54, 1.807) is 7.05 Å². The first-order valence-corrected chi connectivity index (χ1v) is 7.93. The smallest absolute Gasteiger partial charge is 0.216 e. The van der Waals surface area contributed by atoms with Crippen LogP contribution in [-0.4, -0.2) is 24.5 Å². The number of rotatable bonds is 1. The summed E-state index contributed by atoms with van der Waals surface area (Å²) in [6.45, 7) is 8.14. The fourth-order valence-electron chi connectivity index (χ4n) is 1.07. The van der Waals surface area contributed by atoms with E-state index in [2.05, 4.69) is 43.4 Å². The summed E-state index contributed by atoms with van der Waals surface area (Å²) in [6.07, 6.45) is 0. The third-order valence-corrected chi connectivity index (χ3v) is 2.73. The zero-order valence-corrected chi connectivity index (χ0v) is 16.0. The van der Waals surface area contributed by atoms with E-state index < -0.39 is 0 Å². The van der Waals surface area contributed by atoms with Crippen molar-refractivity contribution in [3.8, 4) is 0 Å². The van der Waals surface area contributed by atoms with Gasteiger partial charge >= 0.3 is 0 Å². The van der Waals surface area contributed by atoms with Crippen LogP contribution in [0, 0.1) is 13.8 Å².